The summed E-state index contributed by atoms with van der Waals surface area (Å²) in [6.45, 7) is 0. The van der Waals surface area contributed by atoms with Gasteiger partial charge in [0.05, 0.1) is 0 Å². The quantitative estimate of drug-likeness (QED) is 0.643. The first-order chi connectivity index (χ1) is 9.33. The molecule has 0 fully saturated rings. The topological polar surface area (TPSA) is 0 Å². The molecule has 1 aliphatic rings. The molecule has 94 valence electrons. The van der Waals surface area contributed by atoms with Crippen LogP contribution in [0.3, 0.4) is 0 Å². The summed E-state index contributed by atoms with van der Waals surface area (Å²) in [6.07, 6.45) is 10.9. The van der Waals surface area contributed by atoms with Crippen LogP contribution in [0.25, 0.3) is 23.3 Å². The van der Waals surface area contributed by atoms with Gasteiger partial charge in [-0.3, -0.25) is 0 Å². The van der Waals surface area contributed by atoms with Crippen LogP contribution in [0.4, 0.5) is 4.39 Å². The Balaban J connectivity index is 2.04. The van der Waals surface area contributed by atoms with E-state index in [2.05, 4.69) is 42.5 Å². The van der Waals surface area contributed by atoms with Crippen molar-refractivity contribution in [2.75, 3.05) is 0 Å². The van der Waals surface area contributed by atoms with Gasteiger partial charge in [0.15, 0.2) is 0 Å². The number of allylic oxidation sites excluding steroid dienone is 2. The highest BCUT2D eigenvalue weighted by atomic mass is 19.1. The lowest BCUT2D eigenvalue weighted by Gasteiger charge is -2.08. The van der Waals surface area contributed by atoms with Crippen LogP contribution >= 0.6 is 0 Å². The molecule has 0 saturated heterocycles. The third-order valence-corrected chi connectivity index (χ3v) is 3.36. The van der Waals surface area contributed by atoms with E-state index in [1.165, 1.54) is 23.3 Å². The first kappa shape index (κ1) is 11.9. The van der Waals surface area contributed by atoms with Gasteiger partial charge in [-0.1, -0.05) is 48.6 Å². The Morgan fingerprint density at radius 1 is 0.684 bits per heavy atom. The van der Waals surface area contributed by atoms with Crippen molar-refractivity contribution in [3.63, 3.8) is 0 Å². The van der Waals surface area contributed by atoms with Crippen molar-refractivity contribution in [3.05, 3.63) is 71.6 Å². The summed E-state index contributed by atoms with van der Waals surface area (Å²) in [7, 11) is 0. The van der Waals surface area contributed by atoms with Gasteiger partial charge in [-0.2, -0.15) is 0 Å². The van der Waals surface area contributed by atoms with Gasteiger partial charge in [0.1, 0.15) is 5.82 Å². The predicted octanol–water partition coefficient (Wildman–Crippen LogP) is 5.31. The van der Waals surface area contributed by atoms with Gasteiger partial charge in [0, 0.05) is 0 Å². The van der Waals surface area contributed by atoms with Crippen molar-refractivity contribution >= 4 is 12.2 Å². The minimum atomic E-state index is -0.196. The molecular formula is C18H15F. The number of benzene rings is 2. The molecule has 0 saturated carbocycles. The van der Waals surface area contributed by atoms with E-state index in [0.29, 0.717) is 0 Å². The molecular weight excluding hydrogens is 235 g/mol. The van der Waals surface area contributed by atoms with Crippen LogP contribution in [-0.4, -0.2) is 0 Å². The van der Waals surface area contributed by atoms with E-state index in [1.807, 2.05) is 12.1 Å². The molecule has 0 amide bonds. The van der Waals surface area contributed by atoms with Crippen molar-refractivity contribution < 1.29 is 4.39 Å². The maximum Gasteiger partial charge on any atom is 0.123 e. The lowest BCUT2D eigenvalue weighted by Crippen LogP contribution is -1.86. The molecule has 0 heterocycles. The van der Waals surface area contributed by atoms with Gasteiger partial charge in [-0.25, -0.2) is 4.39 Å². The van der Waals surface area contributed by atoms with Gasteiger partial charge >= 0.3 is 0 Å². The Labute approximate surface area is 112 Å². The second-order valence-corrected chi connectivity index (χ2v) is 4.73. The summed E-state index contributed by atoms with van der Waals surface area (Å²) >= 11 is 0. The van der Waals surface area contributed by atoms with Crippen LogP contribution in [0.1, 0.15) is 24.0 Å². The summed E-state index contributed by atoms with van der Waals surface area (Å²) in [6, 6.07) is 13.0. The largest absolute Gasteiger partial charge is 0.207 e. The second kappa shape index (κ2) is 5.23. The molecule has 0 N–H and O–H groups in total. The molecule has 0 aromatic heterocycles. The average molecular weight is 250 g/mol. The van der Waals surface area contributed by atoms with Crippen molar-refractivity contribution in [1.82, 2.24) is 0 Å². The molecule has 0 atom stereocenters. The van der Waals surface area contributed by atoms with E-state index >= 15 is 0 Å². The Morgan fingerprint density at radius 2 is 1.32 bits per heavy atom. The molecule has 0 unspecified atom stereocenters. The number of hydrogen-bond donors (Lipinski definition) is 0. The Hall–Kier alpha value is -2.15. The van der Waals surface area contributed by atoms with E-state index in [-0.39, 0.29) is 5.82 Å². The zero-order valence-corrected chi connectivity index (χ0v) is 10.6. The minimum Gasteiger partial charge on any atom is -0.207 e. The van der Waals surface area contributed by atoms with Gasteiger partial charge < -0.3 is 0 Å². The Bertz CT molecular complexity index is 633. The van der Waals surface area contributed by atoms with Crippen molar-refractivity contribution in [2.24, 2.45) is 0 Å². The first-order valence-corrected chi connectivity index (χ1v) is 6.56. The third kappa shape index (κ3) is 2.65. The van der Waals surface area contributed by atoms with Crippen molar-refractivity contribution in [2.45, 2.75) is 12.8 Å². The smallest absolute Gasteiger partial charge is 0.123 e. The number of rotatable bonds is 1. The highest BCUT2D eigenvalue weighted by Gasteiger charge is 2.03. The van der Waals surface area contributed by atoms with Gasteiger partial charge in [-0.05, 0) is 53.3 Å². The third-order valence-electron chi connectivity index (χ3n) is 3.36. The highest BCUT2D eigenvalue weighted by molar-refractivity contribution is 5.73. The molecule has 0 nitrogen and oxygen atoms in total. The number of hydrogen-bond acceptors (Lipinski definition) is 0. The van der Waals surface area contributed by atoms with E-state index < -0.39 is 0 Å². The van der Waals surface area contributed by atoms with Crippen molar-refractivity contribution in [3.8, 4) is 11.1 Å². The van der Waals surface area contributed by atoms with Gasteiger partial charge in [-0.15, -0.1) is 0 Å². The van der Waals surface area contributed by atoms with E-state index in [4.69, 9.17) is 0 Å². The first-order valence-electron chi connectivity index (χ1n) is 6.56. The van der Waals surface area contributed by atoms with Crippen molar-refractivity contribution in [1.29, 1.82) is 0 Å². The van der Waals surface area contributed by atoms with Gasteiger partial charge in [0.25, 0.3) is 0 Å². The molecule has 0 bridgehead atoms. The second-order valence-electron chi connectivity index (χ2n) is 4.73. The fraction of sp³-hybridized carbons (Fsp3) is 0.111. The van der Waals surface area contributed by atoms with Crippen LogP contribution in [-0.2, 0) is 0 Å². The lowest BCUT2D eigenvalue weighted by molar-refractivity contribution is 0.628. The van der Waals surface area contributed by atoms with E-state index in [0.717, 1.165) is 24.0 Å². The summed E-state index contributed by atoms with van der Waals surface area (Å²) < 4.78 is 13.0. The maximum atomic E-state index is 13.0. The van der Waals surface area contributed by atoms with E-state index in [9.17, 15) is 4.39 Å². The van der Waals surface area contributed by atoms with Gasteiger partial charge in [0.2, 0.25) is 0 Å². The average Bonchev–Trinajstić information content (AvgIpc) is 2.40. The summed E-state index contributed by atoms with van der Waals surface area (Å²) in [4.78, 5) is 0. The zero-order chi connectivity index (χ0) is 13.1. The predicted molar refractivity (Wildman–Crippen MR) is 79.1 cm³/mol. The minimum absolute atomic E-state index is 0.196. The van der Waals surface area contributed by atoms with Crippen LogP contribution in [0.5, 0.6) is 0 Å². The summed E-state index contributed by atoms with van der Waals surface area (Å²) in [5.74, 6) is -0.196. The summed E-state index contributed by atoms with van der Waals surface area (Å²) in [5.41, 5.74) is 4.63. The molecule has 0 radical (unpaired) electrons. The van der Waals surface area contributed by atoms with Crippen LogP contribution in [0.2, 0.25) is 0 Å². The fourth-order valence-corrected chi connectivity index (χ4v) is 2.31. The number of halogens is 1. The normalized spacial score (nSPS) is 17.1. The Kier molecular flexibility index (Phi) is 3.28. The lowest BCUT2D eigenvalue weighted by atomic mass is 9.97. The molecule has 1 aliphatic carbocycles. The molecule has 0 spiro atoms. The Morgan fingerprint density at radius 3 is 2.05 bits per heavy atom. The molecule has 2 aromatic rings. The maximum absolute atomic E-state index is 13.0. The number of fused-ring (bicyclic) bond motifs is 1. The standard InChI is InChI=1S/C18H15F/c19-18-11-9-15(10-12-18)17-8-7-14-5-3-1-2-4-6-16(14)13-17/h3-13H,1-2H2/b5-3-,6-4-. The van der Waals surface area contributed by atoms with Crippen LogP contribution in [0, 0.1) is 5.82 Å². The highest BCUT2D eigenvalue weighted by Crippen LogP contribution is 2.25. The monoisotopic (exact) mass is 250 g/mol. The summed E-state index contributed by atoms with van der Waals surface area (Å²) in [5, 5.41) is 0. The van der Waals surface area contributed by atoms with E-state index in [1.54, 1.807) is 0 Å². The molecule has 0 aliphatic heterocycles. The molecule has 19 heavy (non-hydrogen) atoms. The van der Waals surface area contributed by atoms with Crippen LogP contribution < -0.4 is 0 Å². The zero-order valence-electron chi connectivity index (χ0n) is 10.6. The van der Waals surface area contributed by atoms with Crippen LogP contribution in [0.15, 0.2) is 54.6 Å². The molecule has 1 heteroatoms. The fourth-order valence-electron chi connectivity index (χ4n) is 2.31. The molecule has 2 aromatic carbocycles. The SMILES string of the molecule is Fc1ccc(-c2ccc3c(c2)/C=C\CC/C=C\3)cc1. The molecule has 3 rings (SSSR count).